The minimum absolute atomic E-state index is 0.277. The summed E-state index contributed by atoms with van der Waals surface area (Å²) >= 11 is 3.47. The van der Waals surface area contributed by atoms with Gasteiger partial charge >= 0.3 is 0 Å². The fourth-order valence-corrected chi connectivity index (χ4v) is 3.14. The monoisotopic (exact) mass is 326 g/mol. The van der Waals surface area contributed by atoms with Crippen LogP contribution >= 0.6 is 15.9 Å². The standard InChI is InChI=1S/C15H23BrN2O/c1-17-10-15(7-8-19-12-15)11-18(2)9-13-3-5-14(16)6-4-13/h3-6,17H,7-12H2,1-2H3. The van der Waals surface area contributed by atoms with E-state index in [0.717, 1.165) is 43.7 Å². The van der Waals surface area contributed by atoms with Crippen molar-refractivity contribution in [3.8, 4) is 0 Å². The third kappa shape index (κ3) is 4.28. The Labute approximate surface area is 124 Å². The maximum absolute atomic E-state index is 5.61. The van der Waals surface area contributed by atoms with E-state index < -0.39 is 0 Å². The van der Waals surface area contributed by atoms with Crippen LogP contribution in [0.5, 0.6) is 0 Å². The molecule has 1 N–H and O–H groups in total. The molecule has 0 radical (unpaired) electrons. The van der Waals surface area contributed by atoms with Gasteiger partial charge in [0.2, 0.25) is 0 Å². The Hall–Kier alpha value is -0.420. The quantitative estimate of drug-likeness (QED) is 0.869. The maximum atomic E-state index is 5.61. The third-order valence-corrected chi connectivity index (χ3v) is 4.24. The molecule has 0 aromatic heterocycles. The lowest BCUT2D eigenvalue weighted by atomic mass is 9.86. The molecule has 0 amide bonds. The van der Waals surface area contributed by atoms with Crippen molar-refractivity contribution in [2.45, 2.75) is 13.0 Å². The Morgan fingerprint density at radius 1 is 1.37 bits per heavy atom. The first-order valence-corrected chi connectivity index (χ1v) is 7.58. The zero-order chi connectivity index (χ0) is 13.7. The molecule has 1 aliphatic heterocycles. The second-order valence-electron chi connectivity index (χ2n) is 5.63. The molecule has 1 saturated heterocycles. The van der Waals surface area contributed by atoms with E-state index in [2.05, 4.69) is 57.5 Å². The number of hydrogen-bond acceptors (Lipinski definition) is 3. The second-order valence-corrected chi connectivity index (χ2v) is 6.55. The smallest absolute Gasteiger partial charge is 0.0547 e. The molecule has 4 heteroatoms. The van der Waals surface area contributed by atoms with E-state index in [0.29, 0.717) is 0 Å². The molecule has 1 heterocycles. The zero-order valence-corrected chi connectivity index (χ0v) is 13.4. The summed E-state index contributed by atoms with van der Waals surface area (Å²) in [5, 5.41) is 3.31. The number of nitrogens with zero attached hydrogens (tertiary/aromatic N) is 1. The molecule has 0 spiro atoms. The van der Waals surface area contributed by atoms with E-state index in [1.54, 1.807) is 0 Å². The summed E-state index contributed by atoms with van der Waals surface area (Å²) in [5.41, 5.74) is 1.63. The summed E-state index contributed by atoms with van der Waals surface area (Å²) in [7, 11) is 4.21. The average molecular weight is 327 g/mol. The van der Waals surface area contributed by atoms with Gasteiger partial charge in [-0.3, -0.25) is 0 Å². The molecule has 0 aliphatic carbocycles. The average Bonchev–Trinajstić information content (AvgIpc) is 2.81. The Kier molecular flexibility index (Phi) is 5.39. The lowest BCUT2D eigenvalue weighted by molar-refractivity contribution is 0.118. The normalized spacial score (nSPS) is 23.2. The summed E-state index contributed by atoms with van der Waals surface area (Å²) in [6.45, 7) is 4.85. The highest BCUT2D eigenvalue weighted by atomic mass is 79.9. The lowest BCUT2D eigenvalue weighted by Gasteiger charge is -2.32. The number of halogens is 1. The first-order chi connectivity index (χ1) is 9.13. The molecule has 1 aliphatic rings. The van der Waals surface area contributed by atoms with Crippen molar-refractivity contribution in [1.29, 1.82) is 0 Å². The number of hydrogen-bond donors (Lipinski definition) is 1. The van der Waals surface area contributed by atoms with Gasteiger partial charge in [0.25, 0.3) is 0 Å². The van der Waals surface area contributed by atoms with E-state index in [-0.39, 0.29) is 5.41 Å². The van der Waals surface area contributed by atoms with Crippen LogP contribution < -0.4 is 5.32 Å². The van der Waals surface area contributed by atoms with E-state index in [9.17, 15) is 0 Å². The number of benzene rings is 1. The lowest BCUT2D eigenvalue weighted by Crippen LogP contribution is -2.42. The summed E-state index contributed by atoms with van der Waals surface area (Å²) < 4.78 is 6.74. The minimum Gasteiger partial charge on any atom is -0.381 e. The van der Waals surface area contributed by atoms with Crippen LogP contribution in [-0.4, -0.2) is 45.3 Å². The highest BCUT2D eigenvalue weighted by molar-refractivity contribution is 9.10. The molecule has 0 saturated carbocycles. The van der Waals surface area contributed by atoms with Crippen LogP contribution in [0, 0.1) is 5.41 Å². The van der Waals surface area contributed by atoms with Crippen molar-refractivity contribution < 1.29 is 4.74 Å². The van der Waals surface area contributed by atoms with Gasteiger partial charge in [-0.05, 0) is 38.2 Å². The van der Waals surface area contributed by atoms with Crippen molar-refractivity contribution in [3.63, 3.8) is 0 Å². The van der Waals surface area contributed by atoms with Gasteiger partial charge in [-0.1, -0.05) is 28.1 Å². The highest BCUT2D eigenvalue weighted by Gasteiger charge is 2.35. The molecule has 1 aromatic rings. The van der Waals surface area contributed by atoms with E-state index in [4.69, 9.17) is 4.74 Å². The molecule has 1 aromatic carbocycles. The van der Waals surface area contributed by atoms with Crippen LogP contribution in [-0.2, 0) is 11.3 Å². The molecule has 3 nitrogen and oxygen atoms in total. The Morgan fingerprint density at radius 2 is 2.11 bits per heavy atom. The highest BCUT2D eigenvalue weighted by Crippen LogP contribution is 2.29. The van der Waals surface area contributed by atoms with Gasteiger partial charge in [0.15, 0.2) is 0 Å². The predicted molar refractivity (Wildman–Crippen MR) is 82.3 cm³/mol. The Balaban J connectivity index is 1.92. The van der Waals surface area contributed by atoms with Crippen molar-refractivity contribution >= 4 is 15.9 Å². The molecule has 0 bridgehead atoms. The van der Waals surface area contributed by atoms with Crippen LogP contribution in [0.3, 0.4) is 0 Å². The van der Waals surface area contributed by atoms with E-state index >= 15 is 0 Å². The van der Waals surface area contributed by atoms with E-state index in [1.165, 1.54) is 5.56 Å². The predicted octanol–water partition coefficient (Wildman–Crippen LogP) is 2.51. The molecule has 1 unspecified atom stereocenters. The molecule has 1 fully saturated rings. The van der Waals surface area contributed by atoms with E-state index in [1.807, 2.05) is 7.05 Å². The summed E-state index contributed by atoms with van der Waals surface area (Å²) in [6.07, 6.45) is 1.15. The van der Waals surface area contributed by atoms with Crippen molar-refractivity contribution in [1.82, 2.24) is 10.2 Å². The fourth-order valence-electron chi connectivity index (χ4n) is 2.87. The van der Waals surface area contributed by atoms with Crippen LogP contribution in [0.15, 0.2) is 28.7 Å². The van der Waals surface area contributed by atoms with Crippen LogP contribution in [0.4, 0.5) is 0 Å². The Bertz CT molecular complexity index is 388. The van der Waals surface area contributed by atoms with Crippen LogP contribution in [0.25, 0.3) is 0 Å². The van der Waals surface area contributed by atoms with Gasteiger partial charge in [0, 0.05) is 36.1 Å². The third-order valence-electron chi connectivity index (χ3n) is 3.71. The van der Waals surface area contributed by atoms with Crippen molar-refractivity contribution in [2.24, 2.45) is 5.41 Å². The number of ether oxygens (including phenoxy) is 1. The van der Waals surface area contributed by atoms with Crippen LogP contribution in [0.1, 0.15) is 12.0 Å². The molecule has 19 heavy (non-hydrogen) atoms. The van der Waals surface area contributed by atoms with Gasteiger partial charge in [0.05, 0.1) is 6.61 Å². The topological polar surface area (TPSA) is 24.5 Å². The van der Waals surface area contributed by atoms with Gasteiger partial charge in [-0.25, -0.2) is 0 Å². The SMILES string of the molecule is CNCC1(CN(C)Cc2ccc(Br)cc2)CCOC1. The number of nitrogens with one attached hydrogen (secondary N) is 1. The van der Waals surface area contributed by atoms with Gasteiger partial charge < -0.3 is 15.0 Å². The minimum atomic E-state index is 0.277. The Morgan fingerprint density at radius 3 is 2.68 bits per heavy atom. The zero-order valence-electron chi connectivity index (χ0n) is 11.8. The van der Waals surface area contributed by atoms with Gasteiger partial charge in [0.1, 0.15) is 0 Å². The largest absolute Gasteiger partial charge is 0.381 e. The molecule has 2 rings (SSSR count). The van der Waals surface area contributed by atoms with Crippen molar-refractivity contribution in [2.75, 3.05) is 40.4 Å². The first-order valence-electron chi connectivity index (χ1n) is 6.79. The number of rotatable bonds is 6. The maximum Gasteiger partial charge on any atom is 0.0547 e. The summed E-state index contributed by atoms with van der Waals surface area (Å²) in [5.74, 6) is 0. The first kappa shape index (κ1) is 15.0. The van der Waals surface area contributed by atoms with Crippen LogP contribution in [0.2, 0.25) is 0 Å². The summed E-state index contributed by atoms with van der Waals surface area (Å²) in [6, 6.07) is 8.56. The molecule has 106 valence electrons. The second kappa shape index (κ2) is 6.84. The van der Waals surface area contributed by atoms with Gasteiger partial charge in [-0.15, -0.1) is 0 Å². The van der Waals surface area contributed by atoms with Gasteiger partial charge in [-0.2, -0.15) is 0 Å². The fraction of sp³-hybridized carbons (Fsp3) is 0.600. The molecule has 1 atom stereocenters. The summed E-state index contributed by atoms with van der Waals surface area (Å²) in [4.78, 5) is 2.40. The van der Waals surface area contributed by atoms with Crippen molar-refractivity contribution in [3.05, 3.63) is 34.3 Å². The molecular weight excluding hydrogens is 304 g/mol. The molecular formula is C15H23BrN2O.